The number of carbonyl (C=O) groups is 3. The summed E-state index contributed by atoms with van der Waals surface area (Å²) in [5.74, 6) is -0.972. The number of aliphatic hydroxyl groups excluding tert-OH is 1. The predicted molar refractivity (Wildman–Crippen MR) is 116 cm³/mol. The van der Waals surface area contributed by atoms with E-state index in [-0.39, 0.29) is 22.7 Å². The lowest BCUT2D eigenvalue weighted by molar-refractivity contribution is -0.122. The summed E-state index contributed by atoms with van der Waals surface area (Å²) in [4.78, 5) is 36.5. The average molecular weight is 417 g/mol. The third-order valence-corrected chi connectivity index (χ3v) is 4.74. The van der Waals surface area contributed by atoms with Crippen LogP contribution >= 0.6 is 11.4 Å². The van der Waals surface area contributed by atoms with E-state index in [0.717, 1.165) is 5.56 Å². The van der Waals surface area contributed by atoms with E-state index in [1.807, 2.05) is 30.3 Å². The molecule has 0 aliphatic rings. The number of thiol groups is 1. The van der Waals surface area contributed by atoms with Crippen LogP contribution in [0.4, 0.5) is 5.69 Å². The molecule has 1 atom stereocenters. The number of rotatable bonds is 8. The topological polar surface area (TPSA) is 134 Å². The Balaban J connectivity index is 2.01. The van der Waals surface area contributed by atoms with Crippen LogP contribution in [0.2, 0.25) is 0 Å². The number of nitrogens with one attached hydrogen (secondary N) is 3. The fraction of sp³-hybridized carbons (Fsp3) is 0.200. The zero-order valence-corrected chi connectivity index (χ0v) is 16.8. The Labute approximate surface area is 172 Å². The highest BCUT2D eigenvalue weighted by Gasteiger charge is 2.21. The maximum Gasteiger partial charge on any atom is 0.251 e. The summed E-state index contributed by atoms with van der Waals surface area (Å²) in [5, 5.41) is 16.5. The van der Waals surface area contributed by atoms with E-state index in [4.69, 9.17) is 10.8 Å². The fourth-order valence-corrected chi connectivity index (χ4v) is 2.92. The molecule has 0 fully saturated rings. The lowest BCUT2D eigenvalue weighted by atomic mass is 10.0. The molecule has 2 aromatic carbocycles. The van der Waals surface area contributed by atoms with Gasteiger partial charge < -0.3 is 21.1 Å². The Morgan fingerprint density at radius 1 is 1.07 bits per heavy atom. The van der Waals surface area contributed by atoms with E-state index in [9.17, 15) is 14.4 Å². The fourth-order valence-electron chi connectivity index (χ4n) is 2.53. The highest BCUT2D eigenvalue weighted by molar-refractivity contribution is 7.99. The van der Waals surface area contributed by atoms with Gasteiger partial charge >= 0.3 is 0 Å². The molecule has 6 N–H and O–H groups in total. The third kappa shape index (κ3) is 7.49. The van der Waals surface area contributed by atoms with Crippen molar-refractivity contribution in [2.24, 2.45) is 5.73 Å². The molecule has 3 amide bonds. The van der Waals surface area contributed by atoms with Crippen LogP contribution in [-0.4, -0.2) is 46.8 Å². The first-order valence-electron chi connectivity index (χ1n) is 8.84. The van der Waals surface area contributed by atoms with E-state index in [2.05, 4.69) is 16.0 Å². The summed E-state index contributed by atoms with van der Waals surface area (Å²) < 4.78 is 0. The van der Waals surface area contributed by atoms with Crippen molar-refractivity contribution in [3.8, 4) is 0 Å². The Kier molecular flexibility index (Phi) is 8.53. The van der Waals surface area contributed by atoms with Crippen molar-refractivity contribution in [3.63, 3.8) is 0 Å². The second-order valence-electron chi connectivity index (χ2n) is 6.13. The first-order valence-corrected chi connectivity index (χ1v) is 9.92. The number of aliphatic hydroxyl groups is 1. The molecule has 0 aliphatic carbocycles. The Bertz CT molecular complexity index is 881. The highest BCUT2D eigenvalue weighted by Crippen LogP contribution is 2.11. The number of hydrogen-bond acceptors (Lipinski definition) is 3. The molecule has 0 aliphatic heterocycles. The molecule has 2 rings (SSSR count). The maximum atomic E-state index is 12.6. The maximum absolute atomic E-state index is 12.6. The SMILES string of the molecule is CNC(=O)[C@H](Cc1ccccc1)NC(=O)c1ccc(NC(=O)C[SH]=C(N)O)cc1. The third-order valence-electron chi connectivity index (χ3n) is 3.97. The molecule has 0 bridgehead atoms. The van der Waals surface area contributed by atoms with E-state index in [1.54, 1.807) is 24.3 Å². The van der Waals surface area contributed by atoms with Crippen molar-refractivity contribution >= 4 is 39.9 Å². The van der Waals surface area contributed by atoms with E-state index < -0.39 is 11.9 Å². The number of nitrogens with two attached hydrogens (primary N) is 1. The zero-order chi connectivity index (χ0) is 21.2. The lowest BCUT2D eigenvalue weighted by Crippen LogP contribution is -2.47. The van der Waals surface area contributed by atoms with Crippen molar-refractivity contribution in [2.45, 2.75) is 12.5 Å². The monoisotopic (exact) mass is 416 g/mol. The number of benzene rings is 2. The Morgan fingerprint density at radius 2 is 1.72 bits per heavy atom. The summed E-state index contributed by atoms with van der Waals surface area (Å²) >= 11 is 0.324. The second kappa shape index (κ2) is 11.1. The second-order valence-corrected chi connectivity index (χ2v) is 7.22. The summed E-state index contributed by atoms with van der Waals surface area (Å²) in [5.41, 5.74) is 6.91. The van der Waals surface area contributed by atoms with Crippen LogP contribution in [-0.2, 0) is 16.0 Å². The van der Waals surface area contributed by atoms with Gasteiger partial charge in [0.15, 0.2) is 0 Å². The van der Waals surface area contributed by atoms with Gasteiger partial charge in [-0.15, -0.1) is 0 Å². The van der Waals surface area contributed by atoms with Gasteiger partial charge in [0, 0.05) is 24.7 Å². The molecule has 0 saturated heterocycles. The molecule has 8 nitrogen and oxygen atoms in total. The largest absolute Gasteiger partial charge is 0.357 e. The van der Waals surface area contributed by atoms with Crippen molar-refractivity contribution in [1.82, 2.24) is 10.6 Å². The molecule has 0 saturated carbocycles. The molecular weight excluding hydrogens is 392 g/mol. The van der Waals surface area contributed by atoms with Gasteiger partial charge in [-0.05, 0) is 29.8 Å². The van der Waals surface area contributed by atoms with Crippen molar-refractivity contribution in [3.05, 3.63) is 65.7 Å². The molecule has 9 heteroatoms. The van der Waals surface area contributed by atoms with Gasteiger partial charge in [-0.25, -0.2) is 0 Å². The summed E-state index contributed by atoms with van der Waals surface area (Å²) in [7, 11) is 1.52. The molecular formula is C20H24N4O4S. The lowest BCUT2D eigenvalue weighted by Gasteiger charge is -2.17. The van der Waals surface area contributed by atoms with Crippen molar-refractivity contribution < 1.29 is 19.5 Å². The van der Waals surface area contributed by atoms with Gasteiger partial charge in [-0.2, -0.15) is 11.4 Å². The average Bonchev–Trinajstić information content (AvgIpc) is 2.72. The summed E-state index contributed by atoms with van der Waals surface area (Å²) in [6.07, 6.45) is 0.366. The standard InChI is InChI=1S/C20H24N4O4S/c1-22-19(27)16(11-13-5-3-2-4-6-13)24-18(26)14-7-9-15(10-8-14)23-17(25)12-29-20(21)28/h2-10,16,28-29H,11-12,21H2,1H3,(H,22,27)(H,23,25)(H,24,26)/t16-/m0/s1. The van der Waals surface area contributed by atoms with E-state index in [1.165, 1.54) is 7.05 Å². The number of carbonyl (C=O) groups excluding carboxylic acids is 3. The van der Waals surface area contributed by atoms with Gasteiger partial charge in [-0.1, -0.05) is 30.3 Å². The van der Waals surface area contributed by atoms with Gasteiger partial charge in [0.2, 0.25) is 11.8 Å². The Hall–Kier alpha value is -3.01. The molecule has 0 radical (unpaired) electrons. The molecule has 2 aromatic rings. The zero-order valence-electron chi connectivity index (χ0n) is 15.9. The number of likely N-dealkylation sites (N-methyl/N-ethyl adjacent to an activating group) is 1. The number of amides is 3. The van der Waals surface area contributed by atoms with Crippen LogP contribution in [0.1, 0.15) is 15.9 Å². The molecule has 0 aromatic heterocycles. The highest BCUT2D eigenvalue weighted by atomic mass is 32.1. The minimum atomic E-state index is -0.714. The molecule has 0 unspecified atom stereocenters. The van der Waals surface area contributed by atoms with Crippen LogP contribution in [0.15, 0.2) is 54.6 Å². The van der Waals surface area contributed by atoms with Gasteiger partial charge in [-0.3, -0.25) is 20.1 Å². The predicted octanol–water partition coefficient (Wildman–Crippen LogP) is 0.782. The normalized spacial score (nSPS) is 12.3. The van der Waals surface area contributed by atoms with Crippen LogP contribution < -0.4 is 21.7 Å². The van der Waals surface area contributed by atoms with Crippen LogP contribution in [0.5, 0.6) is 0 Å². The van der Waals surface area contributed by atoms with Crippen LogP contribution in [0.25, 0.3) is 0 Å². The first kappa shape index (κ1) is 22.3. The first-order chi connectivity index (χ1) is 13.9. The van der Waals surface area contributed by atoms with Crippen LogP contribution in [0, 0.1) is 0 Å². The number of hydrogen-bond donors (Lipinski definition) is 6. The Morgan fingerprint density at radius 3 is 2.31 bits per heavy atom. The van der Waals surface area contributed by atoms with E-state index in [0.29, 0.717) is 29.0 Å². The summed E-state index contributed by atoms with van der Waals surface area (Å²) in [6.45, 7) is 0. The molecule has 0 heterocycles. The minimum absolute atomic E-state index is 0.0257. The smallest absolute Gasteiger partial charge is 0.251 e. The van der Waals surface area contributed by atoms with Crippen LogP contribution in [0.3, 0.4) is 0 Å². The molecule has 154 valence electrons. The minimum Gasteiger partial charge on any atom is -0.357 e. The van der Waals surface area contributed by atoms with Gasteiger partial charge in [0.05, 0.1) is 5.75 Å². The van der Waals surface area contributed by atoms with Gasteiger partial charge in [0.25, 0.3) is 5.91 Å². The number of anilines is 1. The van der Waals surface area contributed by atoms with Crippen molar-refractivity contribution in [1.29, 1.82) is 0 Å². The summed E-state index contributed by atoms with van der Waals surface area (Å²) in [6, 6.07) is 15.0. The molecule has 29 heavy (non-hydrogen) atoms. The quantitative estimate of drug-likeness (QED) is 0.279. The van der Waals surface area contributed by atoms with Crippen molar-refractivity contribution in [2.75, 3.05) is 18.1 Å². The van der Waals surface area contributed by atoms with Gasteiger partial charge in [0.1, 0.15) is 11.2 Å². The molecule has 0 spiro atoms. The van der Waals surface area contributed by atoms with E-state index >= 15 is 0 Å².